The van der Waals surface area contributed by atoms with Crippen LogP contribution in [-0.2, 0) is 4.74 Å². The van der Waals surface area contributed by atoms with E-state index in [1.165, 1.54) is 0 Å². The van der Waals surface area contributed by atoms with Gasteiger partial charge >= 0.3 is 0 Å². The normalized spacial score (nSPS) is 17.5. The maximum atomic E-state index is 5.61. The van der Waals surface area contributed by atoms with Crippen LogP contribution in [0.5, 0.6) is 11.5 Å². The standard InChI is InChI=1S/C16H20N2O3S/c1-19-11-5-6-15(20-2)13(8-11)14-10-22-16(18-14)17-9-12-4-3-7-21-12/h5-6,8,10,12H,3-4,7,9H2,1-2H3,(H,17,18)/t12-/m1/s1. The van der Waals surface area contributed by atoms with Crippen molar-refractivity contribution in [1.29, 1.82) is 0 Å². The van der Waals surface area contributed by atoms with Crippen LogP contribution >= 0.6 is 11.3 Å². The first kappa shape index (κ1) is 15.1. The van der Waals surface area contributed by atoms with E-state index in [0.717, 1.165) is 53.9 Å². The molecule has 2 aromatic rings. The molecule has 1 aliphatic rings. The van der Waals surface area contributed by atoms with Gasteiger partial charge in [0, 0.05) is 24.1 Å². The predicted octanol–water partition coefficient (Wildman–Crippen LogP) is 3.42. The molecule has 0 bridgehead atoms. The van der Waals surface area contributed by atoms with Crippen LogP contribution in [-0.4, -0.2) is 38.5 Å². The van der Waals surface area contributed by atoms with Crippen LogP contribution in [0.15, 0.2) is 23.6 Å². The summed E-state index contributed by atoms with van der Waals surface area (Å²) in [4.78, 5) is 4.64. The molecular weight excluding hydrogens is 300 g/mol. The number of hydrogen-bond donors (Lipinski definition) is 1. The minimum atomic E-state index is 0.304. The average molecular weight is 320 g/mol. The topological polar surface area (TPSA) is 52.6 Å². The Balaban J connectivity index is 1.74. The molecule has 0 radical (unpaired) electrons. The fourth-order valence-electron chi connectivity index (χ4n) is 2.50. The fraction of sp³-hybridized carbons (Fsp3) is 0.438. The number of ether oxygens (including phenoxy) is 3. The third kappa shape index (κ3) is 3.34. The van der Waals surface area contributed by atoms with Gasteiger partial charge < -0.3 is 19.5 Å². The number of hydrogen-bond acceptors (Lipinski definition) is 6. The van der Waals surface area contributed by atoms with E-state index in [2.05, 4.69) is 10.3 Å². The second-order valence-corrected chi connectivity index (χ2v) is 5.98. The Morgan fingerprint density at radius 3 is 3.00 bits per heavy atom. The SMILES string of the molecule is COc1ccc(OC)c(-c2csc(NC[C@H]3CCCO3)n2)c1. The molecule has 22 heavy (non-hydrogen) atoms. The maximum Gasteiger partial charge on any atom is 0.183 e. The summed E-state index contributed by atoms with van der Waals surface area (Å²) in [6.45, 7) is 1.68. The van der Waals surface area contributed by atoms with E-state index in [0.29, 0.717) is 6.10 Å². The summed E-state index contributed by atoms with van der Waals surface area (Å²) in [6, 6.07) is 5.72. The lowest BCUT2D eigenvalue weighted by atomic mass is 10.1. The number of rotatable bonds is 6. The first-order valence-electron chi connectivity index (χ1n) is 7.33. The minimum Gasteiger partial charge on any atom is -0.497 e. The molecule has 2 heterocycles. The highest BCUT2D eigenvalue weighted by molar-refractivity contribution is 7.14. The van der Waals surface area contributed by atoms with Crippen LogP contribution in [0.4, 0.5) is 5.13 Å². The first-order chi connectivity index (χ1) is 10.8. The molecule has 118 valence electrons. The number of nitrogens with zero attached hydrogens (tertiary/aromatic N) is 1. The quantitative estimate of drug-likeness (QED) is 0.884. The van der Waals surface area contributed by atoms with Crippen LogP contribution < -0.4 is 14.8 Å². The summed E-state index contributed by atoms with van der Waals surface area (Å²) in [6.07, 6.45) is 2.57. The van der Waals surface area contributed by atoms with Crippen molar-refractivity contribution in [2.45, 2.75) is 18.9 Å². The lowest BCUT2D eigenvalue weighted by Crippen LogP contribution is -2.18. The van der Waals surface area contributed by atoms with Gasteiger partial charge in [-0.2, -0.15) is 0 Å². The monoisotopic (exact) mass is 320 g/mol. The molecule has 0 saturated carbocycles. The molecular formula is C16H20N2O3S. The fourth-order valence-corrected chi connectivity index (χ4v) is 3.22. The van der Waals surface area contributed by atoms with Crippen molar-refractivity contribution < 1.29 is 14.2 Å². The average Bonchev–Trinajstić information content (AvgIpc) is 3.23. The Bertz CT molecular complexity index is 624. The predicted molar refractivity (Wildman–Crippen MR) is 88.1 cm³/mol. The molecule has 0 spiro atoms. The lowest BCUT2D eigenvalue weighted by molar-refractivity contribution is 0.120. The van der Waals surface area contributed by atoms with Crippen molar-refractivity contribution in [3.63, 3.8) is 0 Å². The highest BCUT2D eigenvalue weighted by atomic mass is 32.1. The van der Waals surface area contributed by atoms with E-state index in [4.69, 9.17) is 14.2 Å². The molecule has 1 aromatic heterocycles. The Hall–Kier alpha value is -1.79. The van der Waals surface area contributed by atoms with Gasteiger partial charge in [-0.15, -0.1) is 11.3 Å². The zero-order chi connectivity index (χ0) is 15.4. The van der Waals surface area contributed by atoms with Crippen LogP contribution in [0, 0.1) is 0 Å². The number of benzene rings is 1. The van der Waals surface area contributed by atoms with E-state index >= 15 is 0 Å². The summed E-state index contributed by atoms with van der Waals surface area (Å²) in [5.74, 6) is 1.58. The van der Waals surface area contributed by atoms with Gasteiger partial charge in [-0.1, -0.05) is 0 Å². The van der Waals surface area contributed by atoms with Gasteiger partial charge in [0.15, 0.2) is 5.13 Å². The van der Waals surface area contributed by atoms with Crippen molar-refractivity contribution in [3.8, 4) is 22.8 Å². The number of thiazole rings is 1. The lowest BCUT2D eigenvalue weighted by Gasteiger charge is -2.10. The summed E-state index contributed by atoms with van der Waals surface area (Å²) in [5, 5.41) is 6.27. The Morgan fingerprint density at radius 1 is 1.36 bits per heavy atom. The van der Waals surface area contributed by atoms with E-state index in [9.17, 15) is 0 Å². The maximum absolute atomic E-state index is 5.61. The summed E-state index contributed by atoms with van der Waals surface area (Å²) in [7, 11) is 3.31. The molecule has 1 N–H and O–H groups in total. The Kier molecular flexibility index (Phi) is 4.80. The van der Waals surface area contributed by atoms with Crippen LogP contribution in [0.1, 0.15) is 12.8 Å². The number of anilines is 1. The zero-order valence-electron chi connectivity index (χ0n) is 12.8. The highest BCUT2D eigenvalue weighted by Crippen LogP contribution is 2.35. The summed E-state index contributed by atoms with van der Waals surface area (Å²) < 4.78 is 16.3. The van der Waals surface area contributed by atoms with Gasteiger partial charge in [0.2, 0.25) is 0 Å². The molecule has 0 amide bonds. The van der Waals surface area contributed by atoms with E-state index in [1.54, 1.807) is 25.6 Å². The number of aromatic nitrogens is 1. The molecule has 1 saturated heterocycles. The van der Waals surface area contributed by atoms with Crippen LogP contribution in [0.2, 0.25) is 0 Å². The van der Waals surface area contributed by atoms with Crippen LogP contribution in [0.25, 0.3) is 11.3 Å². The zero-order valence-corrected chi connectivity index (χ0v) is 13.6. The van der Waals surface area contributed by atoms with E-state index < -0.39 is 0 Å². The van der Waals surface area contributed by atoms with Crippen molar-refractivity contribution in [2.24, 2.45) is 0 Å². The number of nitrogens with one attached hydrogen (secondary N) is 1. The van der Waals surface area contributed by atoms with Crippen LogP contribution in [0.3, 0.4) is 0 Å². The molecule has 1 aliphatic heterocycles. The highest BCUT2D eigenvalue weighted by Gasteiger charge is 2.16. The molecule has 0 aliphatic carbocycles. The first-order valence-corrected chi connectivity index (χ1v) is 8.21. The molecule has 1 aromatic carbocycles. The second-order valence-electron chi connectivity index (χ2n) is 5.12. The van der Waals surface area contributed by atoms with Crippen molar-refractivity contribution in [2.75, 3.05) is 32.7 Å². The molecule has 1 atom stereocenters. The number of methoxy groups -OCH3 is 2. The Labute approximate surface area is 134 Å². The van der Waals surface area contributed by atoms with Gasteiger partial charge in [0.1, 0.15) is 11.5 Å². The van der Waals surface area contributed by atoms with Gasteiger partial charge in [-0.05, 0) is 31.0 Å². The third-order valence-electron chi connectivity index (χ3n) is 3.69. The van der Waals surface area contributed by atoms with Crippen molar-refractivity contribution in [3.05, 3.63) is 23.6 Å². The van der Waals surface area contributed by atoms with E-state index in [1.807, 2.05) is 23.6 Å². The van der Waals surface area contributed by atoms with Gasteiger partial charge in [0.05, 0.1) is 26.0 Å². The minimum absolute atomic E-state index is 0.304. The van der Waals surface area contributed by atoms with Gasteiger partial charge in [-0.3, -0.25) is 0 Å². The summed E-state index contributed by atoms with van der Waals surface area (Å²) in [5.41, 5.74) is 1.82. The summed E-state index contributed by atoms with van der Waals surface area (Å²) >= 11 is 1.59. The Morgan fingerprint density at radius 2 is 2.27 bits per heavy atom. The molecule has 1 fully saturated rings. The van der Waals surface area contributed by atoms with Gasteiger partial charge in [-0.25, -0.2) is 4.98 Å². The molecule has 5 nitrogen and oxygen atoms in total. The molecule has 3 rings (SSSR count). The largest absolute Gasteiger partial charge is 0.497 e. The van der Waals surface area contributed by atoms with Gasteiger partial charge in [0.25, 0.3) is 0 Å². The third-order valence-corrected chi connectivity index (χ3v) is 4.49. The second kappa shape index (κ2) is 6.98. The molecule has 0 unspecified atom stereocenters. The smallest absolute Gasteiger partial charge is 0.183 e. The molecule has 6 heteroatoms. The van der Waals surface area contributed by atoms with Crippen molar-refractivity contribution in [1.82, 2.24) is 4.98 Å². The van der Waals surface area contributed by atoms with Crippen molar-refractivity contribution >= 4 is 16.5 Å². The van der Waals surface area contributed by atoms with E-state index in [-0.39, 0.29) is 0 Å².